The molecule has 1 aromatic heterocycles. The largest absolute Gasteiger partial charge is 0.366 e. The van der Waals surface area contributed by atoms with Crippen molar-refractivity contribution >= 4 is 31.7 Å². The zero-order valence-corrected chi connectivity index (χ0v) is 12.6. The van der Waals surface area contributed by atoms with Gasteiger partial charge in [-0.25, -0.2) is 13.1 Å². The summed E-state index contributed by atoms with van der Waals surface area (Å²) in [5, 5.41) is 12.6. The van der Waals surface area contributed by atoms with Gasteiger partial charge in [-0.05, 0) is 34.1 Å². The van der Waals surface area contributed by atoms with E-state index in [-0.39, 0.29) is 23.1 Å². The van der Waals surface area contributed by atoms with Crippen LogP contribution in [0.4, 0.5) is 5.95 Å². The number of rotatable bonds is 4. The van der Waals surface area contributed by atoms with Gasteiger partial charge >= 0.3 is 0 Å². The van der Waals surface area contributed by atoms with E-state index in [0.717, 1.165) is 0 Å². The Kier molecular flexibility index (Phi) is 4.06. The first-order valence-electron chi connectivity index (χ1n) is 5.51. The van der Waals surface area contributed by atoms with Crippen molar-refractivity contribution in [1.82, 2.24) is 14.8 Å². The molecule has 0 amide bonds. The maximum Gasteiger partial charge on any atom is 0.240 e. The molecule has 0 aliphatic heterocycles. The van der Waals surface area contributed by atoms with Gasteiger partial charge < -0.3 is 5.73 Å². The third kappa shape index (κ3) is 3.15. The third-order valence-corrected chi connectivity index (χ3v) is 4.82. The van der Waals surface area contributed by atoms with Gasteiger partial charge in [0.15, 0.2) is 14.6 Å². The van der Waals surface area contributed by atoms with Crippen molar-refractivity contribution in [3.8, 4) is 6.07 Å². The molecule has 0 fully saturated rings. The quantitative estimate of drug-likeness (QED) is 0.873. The summed E-state index contributed by atoms with van der Waals surface area (Å²) < 4.78 is 26.1. The number of anilines is 1. The van der Waals surface area contributed by atoms with Gasteiger partial charge in [0.25, 0.3) is 0 Å². The van der Waals surface area contributed by atoms with Crippen LogP contribution >= 0.6 is 15.9 Å². The SMILES string of the molecule is N#Cc1cccc(S(=O)(=O)CCn2nc(N)nc2Br)c1. The second-order valence-electron chi connectivity index (χ2n) is 3.92. The summed E-state index contributed by atoms with van der Waals surface area (Å²) in [7, 11) is -3.50. The Labute approximate surface area is 124 Å². The van der Waals surface area contributed by atoms with Crippen molar-refractivity contribution in [2.45, 2.75) is 11.4 Å². The monoisotopic (exact) mass is 355 g/mol. The van der Waals surface area contributed by atoms with E-state index in [1.807, 2.05) is 6.07 Å². The average molecular weight is 356 g/mol. The smallest absolute Gasteiger partial charge is 0.240 e. The van der Waals surface area contributed by atoms with E-state index in [0.29, 0.717) is 10.3 Å². The summed E-state index contributed by atoms with van der Waals surface area (Å²) in [5.74, 6) is -0.0933. The van der Waals surface area contributed by atoms with Crippen LogP contribution in [-0.2, 0) is 16.4 Å². The number of hydrogen-bond donors (Lipinski definition) is 1. The Morgan fingerprint density at radius 2 is 2.20 bits per heavy atom. The molecule has 0 aliphatic carbocycles. The summed E-state index contributed by atoms with van der Waals surface area (Å²) >= 11 is 3.14. The van der Waals surface area contributed by atoms with Crippen LogP contribution in [0.2, 0.25) is 0 Å². The fourth-order valence-electron chi connectivity index (χ4n) is 1.57. The minimum atomic E-state index is -3.50. The van der Waals surface area contributed by atoms with E-state index in [2.05, 4.69) is 26.0 Å². The minimum Gasteiger partial charge on any atom is -0.366 e. The van der Waals surface area contributed by atoms with Crippen LogP contribution in [-0.4, -0.2) is 28.9 Å². The number of nitrogen functional groups attached to an aromatic ring is 1. The lowest BCUT2D eigenvalue weighted by molar-refractivity contribution is 0.578. The van der Waals surface area contributed by atoms with Crippen molar-refractivity contribution in [2.75, 3.05) is 11.5 Å². The molecule has 9 heteroatoms. The lowest BCUT2D eigenvalue weighted by Gasteiger charge is -2.05. The standard InChI is InChI=1S/C11H10BrN5O2S/c12-10-15-11(14)16-17(10)4-5-20(18,19)9-3-1-2-8(6-9)7-13/h1-3,6H,4-5H2,(H2,14,16). The number of halogens is 1. The Morgan fingerprint density at radius 1 is 1.45 bits per heavy atom. The summed E-state index contributed by atoms with van der Waals surface area (Å²) in [5.41, 5.74) is 5.71. The first-order valence-corrected chi connectivity index (χ1v) is 7.95. The second kappa shape index (κ2) is 5.60. The predicted octanol–water partition coefficient (Wildman–Crippen LogP) is 0.968. The highest BCUT2D eigenvalue weighted by Gasteiger charge is 2.16. The maximum absolute atomic E-state index is 12.2. The van der Waals surface area contributed by atoms with Gasteiger partial charge in [0, 0.05) is 0 Å². The molecular weight excluding hydrogens is 346 g/mol. The summed E-state index contributed by atoms with van der Waals surface area (Å²) in [6.45, 7) is 0.115. The van der Waals surface area contributed by atoms with Crippen LogP contribution in [0.3, 0.4) is 0 Å². The molecule has 0 radical (unpaired) electrons. The molecule has 2 rings (SSSR count). The van der Waals surface area contributed by atoms with Gasteiger partial charge in [-0.1, -0.05) is 6.07 Å². The van der Waals surface area contributed by atoms with Gasteiger partial charge in [0.2, 0.25) is 5.95 Å². The number of nitriles is 1. The Bertz CT molecular complexity index is 778. The van der Waals surface area contributed by atoms with Gasteiger partial charge in [0.05, 0.1) is 28.8 Å². The topological polar surface area (TPSA) is 115 Å². The Hall–Kier alpha value is -1.92. The fraction of sp³-hybridized carbons (Fsp3) is 0.182. The first kappa shape index (κ1) is 14.5. The van der Waals surface area contributed by atoms with E-state index in [4.69, 9.17) is 11.0 Å². The molecule has 0 aliphatic rings. The van der Waals surface area contributed by atoms with Crippen molar-refractivity contribution < 1.29 is 8.42 Å². The van der Waals surface area contributed by atoms with Crippen molar-refractivity contribution in [3.63, 3.8) is 0 Å². The molecule has 1 heterocycles. The zero-order chi connectivity index (χ0) is 14.8. The predicted molar refractivity (Wildman–Crippen MR) is 75.3 cm³/mol. The molecule has 104 valence electrons. The van der Waals surface area contributed by atoms with Crippen LogP contribution in [0, 0.1) is 11.3 Å². The van der Waals surface area contributed by atoms with Crippen molar-refractivity contribution in [1.29, 1.82) is 5.26 Å². The highest BCUT2D eigenvalue weighted by Crippen LogP contribution is 2.14. The number of hydrogen-bond acceptors (Lipinski definition) is 6. The molecule has 2 N–H and O–H groups in total. The maximum atomic E-state index is 12.2. The molecule has 0 unspecified atom stereocenters. The lowest BCUT2D eigenvalue weighted by Crippen LogP contribution is -2.14. The number of nitrogens with two attached hydrogens (primary N) is 1. The summed E-state index contributed by atoms with van der Waals surface area (Å²) in [4.78, 5) is 3.93. The summed E-state index contributed by atoms with van der Waals surface area (Å²) in [6.07, 6.45) is 0. The highest BCUT2D eigenvalue weighted by molar-refractivity contribution is 9.10. The number of nitrogens with zero attached hydrogens (tertiary/aromatic N) is 4. The van der Waals surface area contributed by atoms with Crippen LogP contribution in [0.15, 0.2) is 33.9 Å². The second-order valence-corrected chi connectivity index (χ2v) is 6.74. The van der Waals surface area contributed by atoms with E-state index in [1.165, 1.54) is 22.9 Å². The van der Waals surface area contributed by atoms with Gasteiger partial charge in [0.1, 0.15) is 0 Å². The molecular formula is C11H10BrN5O2S. The van der Waals surface area contributed by atoms with Gasteiger partial charge in [-0.2, -0.15) is 10.2 Å². The molecule has 0 spiro atoms. The van der Waals surface area contributed by atoms with E-state index < -0.39 is 9.84 Å². The zero-order valence-electron chi connectivity index (χ0n) is 10.2. The molecule has 0 atom stereocenters. The van der Waals surface area contributed by atoms with Crippen LogP contribution in [0.5, 0.6) is 0 Å². The van der Waals surface area contributed by atoms with E-state index in [1.54, 1.807) is 6.07 Å². The van der Waals surface area contributed by atoms with Crippen molar-refractivity contribution in [2.24, 2.45) is 0 Å². The Morgan fingerprint density at radius 3 is 2.80 bits per heavy atom. The first-order chi connectivity index (χ1) is 9.42. The molecule has 1 aromatic carbocycles. The number of sulfone groups is 1. The Balaban J connectivity index is 2.19. The van der Waals surface area contributed by atoms with Crippen molar-refractivity contribution in [3.05, 3.63) is 34.6 Å². The average Bonchev–Trinajstić information content (AvgIpc) is 2.75. The molecule has 2 aromatic rings. The van der Waals surface area contributed by atoms with Crippen LogP contribution in [0.25, 0.3) is 0 Å². The van der Waals surface area contributed by atoms with Crippen LogP contribution < -0.4 is 5.73 Å². The van der Waals surface area contributed by atoms with Gasteiger partial charge in [-0.3, -0.25) is 0 Å². The molecule has 0 saturated heterocycles. The highest BCUT2D eigenvalue weighted by atomic mass is 79.9. The minimum absolute atomic E-state index is 0.0701. The van der Waals surface area contributed by atoms with E-state index in [9.17, 15) is 8.42 Å². The van der Waals surface area contributed by atoms with E-state index >= 15 is 0 Å². The summed E-state index contributed by atoms with van der Waals surface area (Å²) in [6, 6.07) is 7.80. The molecule has 0 saturated carbocycles. The normalized spacial score (nSPS) is 11.2. The van der Waals surface area contributed by atoms with Gasteiger partial charge in [-0.15, -0.1) is 5.10 Å². The lowest BCUT2D eigenvalue weighted by atomic mass is 10.2. The number of benzene rings is 1. The number of aryl methyl sites for hydroxylation is 1. The fourth-order valence-corrected chi connectivity index (χ4v) is 3.25. The molecule has 7 nitrogen and oxygen atoms in total. The number of aromatic nitrogens is 3. The molecule has 0 bridgehead atoms. The third-order valence-electron chi connectivity index (χ3n) is 2.54. The molecule has 20 heavy (non-hydrogen) atoms. The van der Waals surface area contributed by atoms with Crippen LogP contribution in [0.1, 0.15) is 5.56 Å².